The molecule has 0 saturated heterocycles. The summed E-state index contributed by atoms with van der Waals surface area (Å²) in [4.78, 5) is 10.4. The molecule has 0 aromatic rings. The van der Waals surface area contributed by atoms with Gasteiger partial charge < -0.3 is 15.0 Å². The molecule has 0 radical (unpaired) electrons. The molecule has 0 bridgehead atoms. The maximum atomic E-state index is 10.4. The fourth-order valence-electron chi connectivity index (χ4n) is 0.406. The number of hydrogen-bond donors (Lipinski definition) is 0. The summed E-state index contributed by atoms with van der Waals surface area (Å²) < 4.78 is 14.7. The van der Waals surface area contributed by atoms with Crippen LogP contribution < -0.4 is 29.6 Å². The summed E-state index contributed by atoms with van der Waals surface area (Å²) in [6.45, 7) is 5.93. The van der Waals surface area contributed by atoms with Crippen molar-refractivity contribution < 1.29 is 49.3 Å². The summed E-state index contributed by atoms with van der Waals surface area (Å²) in [5.74, 6) is -0.377. The van der Waals surface area contributed by atoms with Crippen molar-refractivity contribution in [1.29, 1.82) is 0 Å². The topological polar surface area (TPSA) is 44.8 Å². The molecule has 0 saturated carbocycles. The predicted molar refractivity (Wildman–Crippen MR) is 43.1 cm³/mol. The van der Waals surface area contributed by atoms with Crippen molar-refractivity contribution in [2.45, 2.75) is 20.8 Å². The standard InChI is InChI=1S/C6H13O4P.Na.H/c1-4-8-11(9-5-2)10-6(3)7;;/h4-5H2,1-3H3;;/q;+1;-1. The molecule has 0 aliphatic carbocycles. The van der Waals surface area contributed by atoms with Gasteiger partial charge in [-0.15, -0.1) is 0 Å². The van der Waals surface area contributed by atoms with E-state index in [1.165, 1.54) is 6.92 Å². The van der Waals surface area contributed by atoms with Gasteiger partial charge in [0.2, 0.25) is 0 Å². The molecule has 0 spiro atoms. The van der Waals surface area contributed by atoms with Crippen LogP contribution in [0.4, 0.5) is 0 Å². The van der Waals surface area contributed by atoms with Crippen molar-refractivity contribution in [2.24, 2.45) is 0 Å². The molecule has 0 aromatic carbocycles. The van der Waals surface area contributed by atoms with Crippen LogP contribution in [-0.2, 0) is 18.4 Å². The fourth-order valence-corrected chi connectivity index (χ4v) is 1.22. The van der Waals surface area contributed by atoms with Gasteiger partial charge in [-0.05, 0) is 13.8 Å². The molecule has 0 amide bonds. The van der Waals surface area contributed by atoms with Crippen LogP contribution in [-0.4, -0.2) is 19.2 Å². The maximum absolute atomic E-state index is 10.4. The van der Waals surface area contributed by atoms with Crippen LogP contribution >= 0.6 is 8.60 Å². The monoisotopic (exact) mass is 204 g/mol. The Kier molecular flexibility index (Phi) is 12.6. The third-order valence-electron chi connectivity index (χ3n) is 0.672. The number of rotatable bonds is 5. The predicted octanol–water partition coefficient (Wildman–Crippen LogP) is -1.03. The molecular formula is C6H14NaO4P. The Morgan fingerprint density at radius 3 is 2.00 bits per heavy atom. The van der Waals surface area contributed by atoms with Crippen LogP contribution in [0, 0.1) is 0 Å². The Morgan fingerprint density at radius 2 is 1.75 bits per heavy atom. The van der Waals surface area contributed by atoms with Gasteiger partial charge in [-0.25, -0.2) is 0 Å². The van der Waals surface area contributed by atoms with Crippen molar-refractivity contribution in [2.75, 3.05) is 13.2 Å². The Morgan fingerprint density at radius 1 is 1.33 bits per heavy atom. The van der Waals surface area contributed by atoms with E-state index >= 15 is 0 Å². The van der Waals surface area contributed by atoms with Crippen LogP contribution in [0.5, 0.6) is 0 Å². The van der Waals surface area contributed by atoms with Gasteiger partial charge in [0.25, 0.3) is 0 Å². The van der Waals surface area contributed by atoms with Crippen LogP contribution in [0.1, 0.15) is 22.2 Å². The van der Waals surface area contributed by atoms with Gasteiger partial charge in [0.05, 0.1) is 13.2 Å². The van der Waals surface area contributed by atoms with Gasteiger partial charge in [-0.1, -0.05) is 0 Å². The average molecular weight is 204 g/mol. The molecule has 12 heavy (non-hydrogen) atoms. The first-order chi connectivity index (χ1) is 5.20. The molecule has 0 aliphatic heterocycles. The number of carbonyl (C=O) groups excluding carboxylic acids is 1. The summed E-state index contributed by atoms with van der Waals surface area (Å²) in [5, 5.41) is 0. The second-order valence-corrected chi connectivity index (χ2v) is 2.79. The first kappa shape index (κ1) is 15.3. The Hall–Kier alpha value is 0.820. The van der Waals surface area contributed by atoms with Crippen molar-refractivity contribution >= 4 is 14.6 Å². The summed E-state index contributed by atoms with van der Waals surface area (Å²) in [7, 11) is -1.45. The zero-order valence-electron chi connectivity index (χ0n) is 8.99. The average Bonchev–Trinajstić information content (AvgIpc) is 1.87. The van der Waals surface area contributed by atoms with Crippen LogP contribution in [0.15, 0.2) is 0 Å². The second-order valence-electron chi connectivity index (χ2n) is 1.64. The van der Waals surface area contributed by atoms with Gasteiger partial charge in [-0.3, -0.25) is 4.79 Å². The molecule has 0 unspecified atom stereocenters. The van der Waals surface area contributed by atoms with Crippen molar-refractivity contribution in [3.05, 3.63) is 0 Å². The molecule has 0 fully saturated rings. The zero-order valence-corrected chi connectivity index (χ0v) is 10.9. The van der Waals surface area contributed by atoms with E-state index < -0.39 is 8.60 Å². The summed E-state index contributed by atoms with van der Waals surface area (Å²) in [6, 6.07) is 0. The minimum Gasteiger partial charge on any atom is -1.00 e. The minimum absolute atomic E-state index is 0. The number of carbonyl (C=O) groups is 1. The molecule has 0 atom stereocenters. The molecule has 0 N–H and O–H groups in total. The smallest absolute Gasteiger partial charge is 1.00 e. The molecule has 68 valence electrons. The molecule has 0 aliphatic rings. The first-order valence-electron chi connectivity index (χ1n) is 3.45. The van der Waals surface area contributed by atoms with Crippen LogP contribution in [0.3, 0.4) is 0 Å². The van der Waals surface area contributed by atoms with E-state index in [9.17, 15) is 4.79 Å². The first-order valence-corrected chi connectivity index (χ1v) is 4.54. The molecule has 0 heterocycles. The molecule has 6 heteroatoms. The Bertz CT molecular complexity index is 121. The van der Waals surface area contributed by atoms with E-state index in [-0.39, 0.29) is 37.0 Å². The molecule has 0 rings (SSSR count). The quantitative estimate of drug-likeness (QED) is 0.424. The second kappa shape index (κ2) is 9.90. The van der Waals surface area contributed by atoms with Crippen LogP contribution in [0.25, 0.3) is 0 Å². The SMILES string of the molecule is CCOP(OCC)OC(C)=O.[H-].[Na+]. The van der Waals surface area contributed by atoms with Gasteiger partial charge in [0, 0.05) is 6.92 Å². The van der Waals surface area contributed by atoms with Crippen molar-refractivity contribution in [1.82, 2.24) is 0 Å². The Labute approximate surface area is 97.7 Å². The third kappa shape index (κ3) is 8.91. The van der Waals surface area contributed by atoms with Crippen molar-refractivity contribution in [3.8, 4) is 0 Å². The molecular weight excluding hydrogens is 190 g/mol. The fraction of sp³-hybridized carbons (Fsp3) is 0.833. The maximum Gasteiger partial charge on any atom is 1.00 e. The van der Waals surface area contributed by atoms with E-state index in [0.717, 1.165) is 0 Å². The summed E-state index contributed by atoms with van der Waals surface area (Å²) in [5.41, 5.74) is 0. The summed E-state index contributed by atoms with van der Waals surface area (Å²) >= 11 is 0. The van der Waals surface area contributed by atoms with Gasteiger partial charge >= 0.3 is 44.1 Å². The minimum atomic E-state index is -1.45. The van der Waals surface area contributed by atoms with Crippen molar-refractivity contribution in [3.63, 3.8) is 0 Å². The normalized spacial score (nSPS) is 9.33. The Balaban J connectivity index is -0.000000500. The van der Waals surface area contributed by atoms with E-state index in [1.807, 2.05) is 13.8 Å². The van der Waals surface area contributed by atoms with Gasteiger partial charge in [0.1, 0.15) is 0 Å². The zero-order chi connectivity index (χ0) is 8.69. The molecule has 4 nitrogen and oxygen atoms in total. The van der Waals surface area contributed by atoms with Crippen LogP contribution in [0.2, 0.25) is 0 Å². The van der Waals surface area contributed by atoms with E-state index in [2.05, 4.69) is 0 Å². The number of hydrogen-bond acceptors (Lipinski definition) is 4. The molecule has 0 aromatic heterocycles. The van der Waals surface area contributed by atoms with Gasteiger partial charge in [-0.2, -0.15) is 0 Å². The largest absolute Gasteiger partial charge is 1.00 e. The third-order valence-corrected chi connectivity index (χ3v) is 2.02. The van der Waals surface area contributed by atoms with Gasteiger partial charge in [0.15, 0.2) is 0 Å². The van der Waals surface area contributed by atoms with E-state index in [0.29, 0.717) is 13.2 Å². The van der Waals surface area contributed by atoms with E-state index in [1.54, 1.807) is 0 Å². The summed E-state index contributed by atoms with van der Waals surface area (Å²) in [6.07, 6.45) is 0. The van der Waals surface area contributed by atoms with E-state index in [4.69, 9.17) is 13.6 Å².